The summed E-state index contributed by atoms with van der Waals surface area (Å²) in [5, 5.41) is 3.04. The second-order valence-electron chi connectivity index (χ2n) is 5.51. The Bertz CT molecular complexity index is 917. The number of rotatable bonds is 5. The molecule has 0 fully saturated rings. The van der Waals surface area contributed by atoms with Gasteiger partial charge in [0.1, 0.15) is 16.5 Å². The average Bonchev–Trinajstić information content (AvgIpc) is 3.21. The number of furan rings is 1. The number of carbonyl (C=O) groups is 2. The van der Waals surface area contributed by atoms with Crippen LogP contribution in [0.2, 0.25) is 0 Å². The molecule has 0 radical (unpaired) electrons. The molecule has 7 heteroatoms. The molecular weight excluding hydrogens is 345 g/mol. The van der Waals surface area contributed by atoms with E-state index in [0.717, 1.165) is 11.3 Å². The number of nitrogens with one attached hydrogen (secondary N) is 1. The highest BCUT2D eigenvalue weighted by Gasteiger charge is 2.23. The van der Waals surface area contributed by atoms with Gasteiger partial charge in [-0.3, -0.25) is 4.79 Å². The summed E-state index contributed by atoms with van der Waals surface area (Å²) in [5.41, 5.74) is 0.520. The molecule has 1 amide bonds. The smallest absolute Gasteiger partial charge is 0.349 e. The van der Waals surface area contributed by atoms with Crippen molar-refractivity contribution in [3.05, 3.63) is 58.6 Å². The molecule has 3 rings (SSSR count). The second-order valence-corrected chi connectivity index (χ2v) is 6.57. The quantitative estimate of drug-likeness (QED) is 0.702. The van der Waals surface area contributed by atoms with Gasteiger partial charge in [-0.15, -0.1) is 11.3 Å². The van der Waals surface area contributed by atoms with E-state index in [2.05, 4.69) is 5.32 Å². The van der Waals surface area contributed by atoms with Crippen molar-refractivity contribution in [3.8, 4) is 0 Å². The molecule has 25 heavy (non-hydrogen) atoms. The molecule has 0 bridgehead atoms. The lowest BCUT2D eigenvalue weighted by atomic mass is 10.1. The van der Waals surface area contributed by atoms with E-state index in [1.807, 2.05) is 0 Å². The highest BCUT2D eigenvalue weighted by atomic mass is 32.1. The number of aryl methyl sites for hydroxylation is 1. The highest BCUT2D eigenvalue weighted by Crippen LogP contribution is 2.33. The zero-order chi connectivity index (χ0) is 18.0. The first-order valence-electron chi connectivity index (χ1n) is 7.66. The summed E-state index contributed by atoms with van der Waals surface area (Å²) in [7, 11) is 0. The molecule has 0 aliphatic rings. The zero-order valence-electron chi connectivity index (χ0n) is 13.7. The van der Waals surface area contributed by atoms with E-state index in [9.17, 15) is 14.0 Å². The Morgan fingerprint density at radius 3 is 2.80 bits per heavy atom. The van der Waals surface area contributed by atoms with E-state index in [0.29, 0.717) is 26.3 Å². The van der Waals surface area contributed by atoms with Crippen LogP contribution in [0.4, 0.5) is 4.39 Å². The molecule has 0 aliphatic heterocycles. The molecule has 1 atom stereocenters. The van der Waals surface area contributed by atoms with Gasteiger partial charge in [-0.1, -0.05) is 6.07 Å². The van der Waals surface area contributed by atoms with Gasteiger partial charge in [0, 0.05) is 10.1 Å². The Balaban J connectivity index is 1.68. The molecule has 0 saturated carbocycles. The number of hydrogen-bond acceptors (Lipinski definition) is 5. The molecule has 1 N–H and O–H groups in total. The fourth-order valence-electron chi connectivity index (χ4n) is 2.45. The minimum absolute atomic E-state index is 0.209. The van der Waals surface area contributed by atoms with Crippen LogP contribution in [0.15, 0.2) is 41.0 Å². The summed E-state index contributed by atoms with van der Waals surface area (Å²) in [6.45, 7) is 3.36. The number of amides is 1. The lowest BCUT2D eigenvalue weighted by Gasteiger charge is -2.12. The maximum absolute atomic E-state index is 13.9. The minimum atomic E-state index is -0.975. The van der Waals surface area contributed by atoms with Crippen LogP contribution >= 0.6 is 11.3 Å². The number of halogens is 1. The molecule has 1 aromatic carbocycles. The maximum Gasteiger partial charge on any atom is 0.349 e. The first kappa shape index (κ1) is 17.2. The number of fused-ring (bicyclic) bond motifs is 1. The summed E-state index contributed by atoms with van der Waals surface area (Å²) in [4.78, 5) is 24.7. The second kappa shape index (κ2) is 7.06. The minimum Gasteiger partial charge on any atom is -0.467 e. The highest BCUT2D eigenvalue weighted by molar-refractivity contribution is 7.21. The third kappa shape index (κ3) is 3.56. The topological polar surface area (TPSA) is 68.5 Å². The number of hydrogen-bond donors (Lipinski definition) is 1. The number of carbonyl (C=O) groups excluding carboxylic acids is 2. The fraction of sp³-hybridized carbons (Fsp3) is 0.222. The molecule has 0 aliphatic carbocycles. The van der Waals surface area contributed by atoms with E-state index >= 15 is 0 Å². The summed E-state index contributed by atoms with van der Waals surface area (Å²) in [5.74, 6) is -0.856. The lowest BCUT2D eigenvalue weighted by molar-refractivity contribution is -0.129. The monoisotopic (exact) mass is 361 g/mol. The van der Waals surface area contributed by atoms with E-state index in [-0.39, 0.29) is 12.4 Å². The number of esters is 1. The van der Waals surface area contributed by atoms with Crippen molar-refractivity contribution in [2.45, 2.75) is 26.5 Å². The number of ether oxygens (including phenoxy) is 1. The Kier molecular flexibility index (Phi) is 4.85. The van der Waals surface area contributed by atoms with Crippen LogP contribution in [0.5, 0.6) is 0 Å². The Hall–Kier alpha value is -2.67. The third-order valence-electron chi connectivity index (χ3n) is 3.76. The number of thiophene rings is 1. The number of benzene rings is 1. The van der Waals surface area contributed by atoms with Gasteiger partial charge in [-0.05, 0) is 43.7 Å². The maximum atomic E-state index is 13.9. The van der Waals surface area contributed by atoms with Crippen LogP contribution in [-0.4, -0.2) is 18.0 Å². The van der Waals surface area contributed by atoms with Crippen LogP contribution in [-0.2, 0) is 16.1 Å². The first-order valence-corrected chi connectivity index (χ1v) is 8.47. The normalized spacial score (nSPS) is 12.1. The van der Waals surface area contributed by atoms with Crippen molar-refractivity contribution >= 4 is 33.3 Å². The van der Waals surface area contributed by atoms with Gasteiger partial charge < -0.3 is 14.5 Å². The van der Waals surface area contributed by atoms with Crippen molar-refractivity contribution in [1.82, 2.24) is 5.32 Å². The zero-order valence-corrected chi connectivity index (χ0v) is 14.5. The molecular formula is C18H16FNO4S. The van der Waals surface area contributed by atoms with E-state index in [4.69, 9.17) is 9.15 Å². The predicted octanol–water partition coefficient (Wildman–Crippen LogP) is 3.80. The van der Waals surface area contributed by atoms with Crippen LogP contribution in [0.3, 0.4) is 0 Å². The van der Waals surface area contributed by atoms with Gasteiger partial charge in [0.25, 0.3) is 5.91 Å². The largest absolute Gasteiger partial charge is 0.467 e. The molecule has 2 heterocycles. The van der Waals surface area contributed by atoms with E-state index in [1.165, 1.54) is 19.3 Å². The fourth-order valence-corrected chi connectivity index (χ4v) is 3.55. The molecule has 0 saturated heterocycles. The van der Waals surface area contributed by atoms with Crippen LogP contribution in [0, 0.1) is 12.7 Å². The van der Waals surface area contributed by atoms with Gasteiger partial charge >= 0.3 is 5.97 Å². The van der Waals surface area contributed by atoms with Gasteiger partial charge in [0.15, 0.2) is 6.10 Å². The molecule has 5 nitrogen and oxygen atoms in total. The van der Waals surface area contributed by atoms with E-state index in [1.54, 1.807) is 31.2 Å². The Morgan fingerprint density at radius 2 is 2.12 bits per heavy atom. The van der Waals surface area contributed by atoms with Crippen molar-refractivity contribution in [2.75, 3.05) is 0 Å². The van der Waals surface area contributed by atoms with Gasteiger partial charge in [0.05, 0.1) is 12.8 Å². The Labute approximate surface area is 147 Å². The van der Waals surface area contributed by atoms with Crippen LogP contribution in [0.1, 0.15) is 27.9 Å². The standard InChI is InChI=1S/C18H16FNO4S/c1-10-15-13(19)6-3-7-14(15)25-16(10)18(22)24-11(2)17(21)20-9-12-5-4-8-23-12/h3-8,11H,9H2,1-2H3,(H,20,21)/t11-/m0/s1. The average molecular weight is 361 g/mol. The first-order chi connectivity index (χ1) is 12.0. The van der Waals surface area contributed by atoms with Crippen LogP contribution < -0.4 is 5.32 Å². The van der Waals surface area contributed by atoms with Crippen LogP contribution in [0.25, 0.3) is 10.1 Å². The summed E-state index contributed by atoms with van der Waals surface area (Å²) in [6, 6.07) is 8.13. The SMILES string of the molecule is Cc1c(C(=O)O[C@@H](C)C(=O)NCc2ccco2)sc2cccc(F)c12. The molecule has 2 aromatic heterocycles. The molecule has 3 aromatic rings. The van der Waals surface area contributed by atoms with Gasteiger partial charge in [-0.25, -0.2) is 9.18 Å². The van der Waals surface area contributed by atoms with Gasteiger partial charge in [-0.2, -0.15) is 0 Å². The molecule has 130 valence electrons. The van der Waals surface area contributed by atoms with Crippen molar-refractivity contribution in [3.63, 3.8) is 0 Å². The molecule has 0 spiro atoms. The summed E-state index contributed by atoms with van der Waals surface area (Å²) >= 11 is 1.15. The lowest BCUT2D eigenvalue weighted by Crippen LogP contribution is -2.35. The van der Waals surface area contributed by atoms with Crippen molar-refractivity contribution in [1.29, 1.82) is 0 Å². The van der Waals surface area contributed by atoms with E-state index < -0.39 is 18.0 Å². The predicted molar refractivity (Wildman–Crippen MR) is 92.0 cm³/mol. The van der Waals surface area contributed by atoms with Crippen molar-refractivity contribution in [2.24, 2.45) is 0 Å². The summed E-state index contributed by atoms with van der Waals surface area (Å²) < 4.78 is 24.9. The Morgan fingerprint density at radius 1 is 1.32 bits per heavy atom. The van der Waals surface area contributed by atoms with Crippen molar-refractivity contribution < 1.29 is 23.1 Å². The summed E-state index contributed by atoms with van der Waals surface area (Å²) in [6.07, 6.45) is 0.533. The van der Waals surface area contributed by atoms with Gasteiger partial charge in [0.2, 0.25) is 0 Å². The third-order valence-corrected chi connectivity index (χ3v) is 5.00. The molecule has 0 unspecified atom stereocenters.